The number of aromatic nitrogens is 2. The highest BCUT2D eigenvalue weighted by Crippen LogP contribution is 2.30. The number of hydrogen-bond acceptors (Lipinski definition) is 7. The van der Waals surface area contributed by atoms with E-state index in [1.807, 2.05) is 36.6 Å². The minimum absolute atomic E-state index is 0.0734. The Morgan fingerprint density at radius 3 is 2.88 bits per heavy atom. The van der Waals surface area contributed by atoms with Crippen LogP contribution in [-0.2, 0) is 4.79 Å². The van der Waals surface area contributed by atoms with Gasteiger partial charge in [-0.1, -0.05) is 11.8 Å². The summed E-state index contributed by atoms with van der Waals surface area (Å²) in [6.45, 7) is 1.92. The van der Waals surface area contributed by atoms with Gasteiger partial charge in [0.1, 0.15) is 22.9 Å². The van der Waals surface area contributed by atoms with Gasteiger partial charge in [0.05, 0.1) is 36.2 Å². The summed E-state index contributed by atoms with van der Waals surface area (Å²) in [5.74, 6) is 1.64. The fraction of sp³-hybridized carbons (Fsp3) is 0.278. The normalized spacial score (nSPS) is 12.0. The second-order valence-electron chi connectivity index (χ2n) is 5.50. The number of benzene rings is 1. The van der Waals surface area contributed by atoms with E-state index in [9.17, 15) is 4.79 Å². The first-order chi connectivity index (χ1) is 12.6. The first-order valence-electron chi connectivity index (χ1n) is 7.94. The van der Waals surface area contributed by atoms with Gasteiger partial charge in [0.15, 0.2) is 0 Å². The zero-order valence-corrected chi connectivity index (χ0v) is 16.3. The van der Waals surface area contributed by atoms with Gasteiger partial charge in [-0.15, -0.1) is 11.3 Å². The van der Waals surface area contributed by atoms with Crippen LogP contribution in [0.4, 0.5) is 0 Å². The van der Waals surface area contributed by atoms with Crippen LogP contribution in [0.3, 0.4) is 0 Å². The molecule has 0 bridgehead atoms. The van der Waals surface area contributed by atoms with Crippen molar-refractivity contribution < 1.29 is 14.3 Å². The van der Waals surface area contributed by atoms with E-state index in [2.05, 4.69) is 15.3 Å². The van der Waals surface area contributed by atoms with E-state index in [1.54, 1.807) is 25.6 Å². The predicted octanol–water partition coefficient (Wildman–Crippen LogP) is 3.68. The third kappa shape index (κ3) is 4.08. The molecule has 0 aliphatic heterocycles. The molecule has 26 heavy (non-hydrogen) atoms. The Morgan fingerprint density at radius 2 is 2.12 bits per heavy atom. The SMILES string of the molecule is COc1ccc(OC)c(C(C)NC(=O)CSc2ncnc3ccsc23)c1. The Morgan fingerprint density at radius 1 is 1.27 bits per heavy atom. The number of fused-ring (bicyclic) bond motifs is 1. The van der Waals surface area contributed by atoms with Crippen molar-refractivity contribution >= 4 is 39.2 Å². The Labute approximate surface area is 160 Å². The molecule has 0 aliphatic carbocycles. The average Bonchev–Trinajstić information content (AvgIpc) is 3.15. The van der Waals surface area contributed by atoms with Crippen molar-refractivity contribution in [3.8, 4) is 11.5 Å². The molecule has 1 amide bonds. The van der Waals surface area contributed by atoms with Crippen molar-refractivity contribution in [3.05, 3.63) is 41.5 Å². The lowest BCUT2D eigenvalue weighted by molar-refractivity contribution is -0.119. The number of amides is 1. The third-order valence-corrected chi connectivity index (χ3v) is 5.86. The van der Waals surface area contributed by atoms with Gasteiger partial charge in [-0.2, -0.15) is 0 Å². The smallest absolute Gasteiger partial charge is 0.230 e. The standard InChI is InChI=1S/C18H19N3O3S2/c1-11(13-8-12(23-2)4-5-15(13)24-3)21-16(22)9-26-18-17-14(6-7-25-17)19-10-20-18/h4-8,10-11H,9H2,1-3H3,(H,21,22). The molecule has 0 fully saturated rings. The zero-order chi connectivity index (χ0) is 18.5. The number of thiophene rings is 1. The quantitative estimate of drug-likeness (QED) is 0.491. The molecule has 3 rings (SSSR count). The average molecular weight is 390 g/mol. The predicted molar refractivity (Wildman–Crippen MR) is 104 cm³/mol. The van der Waals surface area contributed by atoms with Crippen LogP contribution in [0.5, 0.6) is 11.5 Å². The molecule has 1 atom stereocenters. The molecule has 1 aromatic carbocycles. The van der Waals surface area contributed by atoms with Crippen molar-refractivity contribution in [2.24, 2.45) is 0 Å². The van der Waals surface area contributed by atoms with Crippen molar-refractivity contribution in [1.82, 2.24) is 15.3 Å². The maximum atomic E-state index is 12.4. The minimum atomic E-state index is -0.208. The molecular weight excluding hydrogens is 370 g/mol. The lowest BCUT2D eigenvalue weighted by atomic mass is 10.1. The van der Waals surface area contributed by atoms with Crippen LogP contribution in [-0.4, -0.2) is 35.8 Å². The van der Waals surface area contributed by atoms with Gasteiger partial charge in [-0.3, -0.25) is 4.79 Å². The maximum Gasteiger partial charge on any atom is 0.230 e. The number of ether oxygens (including phenoxy) is 2. The highest BCUT2D eigenvalue weighted by Gasteiger charge is 2.16. The largest absolute Gasteiger partial charge is 0.497 e. The molecule has 1 unspecified atom stereocenters. The Balaban J connectivity index is 1.65. The molecule has 2 aromatic heterocycles. The van der Waals surface area contributed by atoms with E-state index < -0.39 is 0 Å². The summed E-state index contributed by atoms with van der Waals surface area (Å²) in [5.41, 5.74) is 1.77. The Hall–Kier alpha value is -2.32. The van der Waals surface area contributed by atoms with Crippen LogP contribution in [0, 0.1) is 0 Å². The van der Waals surface area contributed by atoms with Crippen LogP contribution in [0.15, 0.2) is 41.0 Å². The van der Waals surface area contributed by atoms with Crippen molar-refractivity contribution in [1.29, 1.82) is 0 Å². The van der Waals surface area contributed by atoms with Gasteiger partial charge < -0.3 is 14.8 Å². The molecule has 8 heteroatoms. The van der Waals surface area contributed by atoms with Gasteiger partial charge in [-0.25, -0.2) is 9.97 Å². The zero-order valence-electron chi connectivity index (χ0n) is 14.7. The lowest BCUT2D eigenvalue weighted by Crippen LogP contribution is -2.28. The van der Waals surface area contributed by atoms with Gasteiger partial charge in [-0.05, 0) is 36.6 Å². The summed E-state index contributed by atoms with van der Waals surface area (Å²) in [4.78, 5) is 20.9. The van der Waals surface area contributed by atoms with E-state index in [0.29, 0.717) is 5.75 Å². The number of nitrogens with one attached hydrogen (secondary N) is 1. The fourth-order valence-corrected chi connectivity index (χ4v) is 4.30. The molecule has 0 saturated carbocycles. The summed E-state index contributed by atoms with van der Waals surface area (Å²) in [6.07, 6.45) is 1.53. The number of methoxy groups -OCH3 is 2. The number of thioether (sulfide) groups is 1. The van der Waals surface area contributed by atoms with Crippen LogP contribution >= 0.6 is 23.1 Å². The van der Waals surface area contributed by atoms with E-state index >= 15 is 0 Å². The molecule has 0 radical (unpaired) electrons. The number of rotatable bonds is 7. The molecule has 2 heterocycles. The summed E-state index contributed by atoms with van der Waals surface area (Å²) in [6, 6.07) is 7.27. The summed E-state index contributed by atoms with van der Waals surface area (Å²) in [5, 5.41) is 5.80. The number of carbonyl (C=O) groups excluding carboxylic acids is 1. The van der Waals surface area contributed by atoms with Gasteiger partial charge in [0, 0.05) is 5.56 Å². The van der Waals surface area contributed by atoms with Crippen LogP contribution in [0.25, 0.3) is 10.2 Å². The fourth-order valence-electron chi connectivity index (χ4n) is 2.54. The second-order valence-corrected chi connectivity index (χ2v) is 7.38. The number of nitrogens with zero attached hydrogens (tertiary/aromatic N) is 2. The summed E-state index contributed by atoms with van der Waals surface area (Å²) >= 11 is 2.99. The molecule has 3 aromatic rings. The third-order valence-electron chi connectivity index (χ3n) is 3.83. The van der Waals surface area contributed by atoms with E-state index in [-0.39, 0.29) is 17.7 Å². The molecule has 0 aliphatic rings. The second kappa shape index (κ2) is 8.37. The highest BCUT2D eigenvalue weighted by atomic mass is 32.2. The first-order valence-corrected chi connectivity index (χ1v) is 9.81. The molecule has 136 valence electrons. The van der Waals surface area contributed by atoms with Crippen molar-refractivity contribution in [2.45, 2.75) is 18.0 Å². The molecule has 1 N–H and O–H groups in total. The molecule has 6 nitrogen and oxygen atoms in total. The van der Waals surface area contributed by atoms with Gasteiger partial charge in [0.25, 0.3) is 0 Å². The maximum absolute atomic E-state index is 12.4. The number of hydrogen-bond donors (Lipinski definition) is 1. The van der Waals surface area contributed by atoms with Crippen LogP contribution < -0.4 is 14.8 Å². The Bertz CT molecular complexity index is 914. The summed E-state index contributed by atoms with van der Waals surface area (Å²) < 4.78 is 11.7. The van der Waals surface area contributed by atoms with Crippen molar-refractivity contribution in [3.63, 3.8) is 0 Å². The van der Waals surface area contributed by atoms with E-state index in [4.69, 9.17) is 9.47 Å². The van der Waals surface area contributed by atoms with Crippen LogP contribution in [0.2, 0.25) is 0 Å². The van der Waals surface area contributed by atoms with E-state index in [0.717, 1.165) is 26.6 Å². The van der Waals surface area contributed by atoms with Crippen LogP contribution in [0.1, 0.15) is 18.5 Å². The van der Waals surface area contributed by atoms with Gasteiger partial charge >= 0.3 is 0 Å². The first kappa shape index (κ1) is 18.5. The molecule has 0 saturated heterocycles. The monoisotopic (exact) mass is 389 g/mol. The highest BCUT2D eigenvalue weighted by molar-refractivity contribution is 8.00. The van der Waals surface area contributed by atoms with Gasteiger partial charge in [0.2, 0.25) is 5.91 Å². The topological polar surface area (TPSA) is 73.3 Å². The molecular formula is C18H19N3O3S2. The van der Waals surface area contributed by atoms with E-state index in [1.165, 1.54) is 18.1 Å². The Kier molecular flexibility index (Phi) is 5.95. The molecule has 0 spiro atoms. The number of carbonyl (C=O) groups is 1. The van der Waals surface area contributed by atoms with Crippen molar-refractivity contribution in [2.75, 3.05) is 20.0 Å². The lowest BCUT2D eigenvalue weighted by Gasteiger charge is -2.18. The summed E-state index contributed by atoms with van der Waals surface area (Å²) in [7, 11) is 3.22. The minimum Gasteiger partial charge on any atom is -0.497 e.